The first-order valence-corrected chi connectivity index (χ1v) is 8.03. The van der Waals surface area contributed by atoms with Gasteiger partial charge in [-0.1, -0.05) is 13.0 Å². The summed E-state index contributed by atoms with van der Waals surface area (Å²) in [6.07, 6.45) is 3.93. The topological polar surface area (TPSA) is 12.0 Å². The van der Waals surface area contributed by atoms with Crippen LogP contribution in [-0.2, 0) is 0 Å². The molecule has 2 unspecified atom stereocenters. The van der Waals surface area contributed by atoms with Crippen molar-refractivity contribution in [3.05, 3.63) is 22.4 Å². The Bertz CT molecular complexity index is 302. The van der Waals surface area contributed by atoms with Gasteiger partial charge in [0.2, 0.25) is 0 Å². The van der Waals surface area contributed by atoms with Crippen LogP contribution in [0.25, 0.3) is 0 Å². The van der Waals surface area contributed by atoms with Crippen molar-refractivity contribution in [2.75, 3.05) is 12.3 Å². The van der Waals surface area contributed by atoms with Gasteiger partial charge in [0.1, 0.15) is 0 Å². The third-order valence-electron chi connectivity index (χ3n) is 3.29. The molecule has 1 N–H and O–H groups in total. The minimum absolute atomic E-state index is 0.403. The number of nitrogens with one attached hydrogen (secondary N) is 1. The number of rotatable bonds is 5. The van der Waals surface area contributed by atoms with Crippen molar-refractivity contribution < 1.29 is 0 Å². The fraction of sp³-hybridized carbons (Fsp3) is 0.692. The van der Waals surface area contributed by atoms with Crippen LogP contribution >= 0.6 is 23.1 Å². The molecule has 3 heteroatoms. The molecule has 0 radical (unpaired) electrons. The Balaban J connectivity index is 2.14. The standard InChI is InChI=1S/C13H21NS2/c1-3-8-14-12(11-6-4-9-15-11)13(2)7-5-10-16-13/h4,6,9,12,14H,3,5,7-8,10H2,1-2H3. The van der Waals surface area contributed by atoms with Gasteiger partial charge in [-0.2, -0.15) is 11.8 Å². The molecule has 2 heterocycles. The Hall–Kier alpha value is 0.01000. The second-order valence-electron chi connectivity index (χ2n) is 4.67. The first-order valence-electron chi connectivity index (χ1n) is 6.17. The second-order valence-corrected chi connectivity index (χ2v) is 7.28. The SMILES string of the molecule is CCCNC(c1cccs1)C1(C)CCCS1. The van der Waals surface area contributed by atoms with Gasteiger partial charge in [-0.3, -0.25) is 0 Å². The molecule has 1 aromatic heterocycles. The van der Waals surface area contributed by atoms with E-state index in [1.807, 2.05) is 11.3 Å². The van der Waals surface area contributed by atoms with Gasteiger partial charge in [0.25, 0.3) is 0 Å². The smallest absolute Gasteiger partial charge is 0.0561 e. The van der Waals surface area contributed by atoms with Crippen LogP contribution in [0.15, 0.2) is 17.5 Å². The summed E-state index contributed by atoms with van der Waals surface area (Å²) in [5.74, 6) is 1.33. The Kier molecular flexibility index (Phi) is 4.34. The summed E-state index contributed by atoms with van der Waals surface area (Å²) >= 11 is 4.04. The highest BCUT2D eigenvalue weighted by Crippen LogP contribution is 2.47. The highest BCUT2D eigenvalue weighted by atomic mass is 32.2. The molecule has 1 aliphatic rings. The summed E-state index contributed by atoms with van der Waals surface area (Å²) in [6.45, 7) is 5.79. The van der Waals surface area contributed by atoms with Gasteiger partial charge in [0.05, 0.1) is 6.04 Å². The lowest BCUT2D eigenvalue weighted by Gasteiger charge is -2.33. The van der Waals surface area contributed by atoms with E-state index in [4.69, 9.17) is 0 Å². The predicted octanol–water partition coefficient (Wildman–Crippen LogP) is 4.07. The van der Waals surface area contributed by atoms with Crippen molar-refractivity contribution >= 4 is 23.1 Å². The summed E-state index contributed by atoms with van der Waals surface area (Å²) in [4.78, 5) is 1.50. The number of thioether (sulfide) groups is 1. The number of hydrogen-bond donors (Lipinski definition) is 1. The van der Waals surface area contributed by atoms with Crippen LogP contribution in [-0.4, -0.2) is 17.0 Å². The zero-order valence-corrected chi connectivity index (χ0v) is 11.8. The Morgan fingerprint density at radius 1 is 1.56 bits per heavy atom. The minimum atomic E-state index is 0.403. The largest absolute Gasteiger partial charge is 0.308 e. The fourth-order valence-electron chi connectivity index (χ4n) is 2.39. The summed E-state index contributed by atoms with van der Waals surface area (Å²) in [5.41, 5.74) is 0. The van der Waals surface area contributed by atoms with E-state index in [9.17, 15) is 0 Å². The highest BCUT2D eigenvalue weighted by molar-refractivity contribution is 8.00. The Morgan fingerprint density at radius 2 is 2.44 bits per heavy atom. The van der Waals surface area contributed by atoms with Gasteiger partial charge in [-0.25, -0.2) is 0 Å². The maximum Gasteiger partial charge on any atom is 0.0561 e. The van der Waals surface area contributed by atoms with Crippen molar-refractivity contribution in [1.29, 1.82) is 0 Å². The molecule has 1 aliphatic heterocycles. The van der Waals surface area contributed by atoms with E-state index in [0.29, 0.717) is 10.8 Å². The van der Waals surface area contributed by atoms with Crippen LogP contribution in [0.3, 0.4) is 0 Å². The average Bonchev–Trinajstić information content (AvgIpc) is 2.91. The lowest BCUT2D eigenvalue weighted by atomic mass is 9.94. The summed E-state index contributed by atoms with van der Waals surface area (Å²) in [7, 11) is 0. The van der Waals surface area contributed by atoms with Gasteiger partial charge in [-0.15, -0.1) is 11.3 Å². The zero-order chi connectivity index (χ0) is 11.4. The van der Waals surface area contributed by atoms with E-state index >= 15 is 0 Å². The van der Waals surface area contributed by atoms with E-state index in [2.05, 4.69) is 48.4 Å². The van der Waals surface area contributed by atoms with Crippen molar-refractivity contribution in [3.63, 3.8) is 0 Å². The quantitative estimate of drug-likeness (QED) is 0.851. The van der Waals surface area contributed by atoms with Crippen molar-refractivity contribution in [1.82, 2.24) is 5.32 Å². The summed E-state index contributed by atoms with van der Waals surface area (Å²) < 4.78 is 0.403. The molecule has 0 aromatic carbocycles. The summed E-state index contributed by atoms with van der Waals surface area (Å²) in [5, 5.41) is 5.94. The molecule has 90 valence electrons. The highest BCUT2D eigenvalue weighted by Gasteiger charge is 2.38. The molecule has 0 saturated carbocycles. The molecule has 0 amide bonds. The van der Waals surface area contributed by atoms with Crippen LogP contribution in [0.1, 0.15) is 44.0 Å². The van der Waals surface area contributed by atoms with E-state index in [1.54, 1.807) is 0 Å². The molecule has 2 rings (SSSR count). The molecule has 1 fully saturated rings. The zero-order valence-electron chi connectivity index (χ0n) is 10.2. The molecule has 0 bridgehead atoms. The van der Waals surface area contributed by atoms with Crippen LogP contribution in [0.2, 0.25) is 0 Å². The number of hydrogen-bond acceptors (Lipinski definition) is 3. The molecule has 16 heavy (non-hydrogen) atoms. The van der Waals surface area contributed by atoms with Crippen molar-refractivity contribution in [2.24, 2.45) is 0 Å². The first-order chi connectivity index (χ1) is 7.76. The molecular weight excluding hydrogens is 234 g/mol. The minimum Gasteiger partial charge on any atom is -0.308 e. The molecule has 0 aliphatic carbocycles. The van der Waals surface area contributed by atoms with E-state index in [0.717, 1.165) is 6.54 Å². The molecule has 1 saturated heterocycles. The second kappa shape index (κ2) is 5.56. The monoisotopic (exact) mass is 255 g/mol. The normalized spacial score (nSPS) is 27.1. The Morgan fingerprint density at radius 3 is 3.00 bits per heavy atom. The van der Waals surface area contributed by atoms with Crippen molar-refractivity contribution in [2.45, 2.75) is 43.9 Å². The fourth-order valence-corrected chi connectivity index (χ4v) is 4.84. The molecule has 2 atom stereocenters. The van der Waals surface area contributed by atoms with Crippen LogP contribution in [0.5, 0.6) is 0 Å². The third kappa shape index (κ3) is 2.63. The third-order valence-corrected chi connectivity index (χ3v) is 5.82. The van der Waals surface area contributed by atoms with Gasteiger partial charge in [0, 0.05) is 9.62 Å². The Labute approximate surface area is 107 Å². The van der Waals surface area contributed by atoms with E-state index in [-0.39, 0.29) is 0 Å². The van der Waals surface area contributed by atoms with E-state index in [1.165, 1.54) is 29.9 Å². The molecule has 0 spiro atoms. The van der Waals surface area contributed by atoms with Crippen molar-refractivity contribution in [3.8, 4) is 0 Å². The maximum atomic E-state index is 3.74. The van der Waals surface area contributed by atoms with Gasteiger partial charge >= 0.3 is 0 Å². The van der Waals surface area contributed by atoms with Gasteiger partial charge in [-0.05, 0) is 49.9 Å². The first kappa shape index (κ1) is 12.5. The van der Waals surface area contributed by atoms with Crippen LogP contribution in [0.4, 0.5) is 0 Å². The molecular formula is C13H21NS2. The average molecular weight is 255 g/mol. The summed E-state index contributed by atoms with van der Waals surface area (Å²) in [6, 6.07) is 4.99. The maximum absolute atomic E-state index is 3.74. The lowest BCUT2D eigenvalue weighted by molar-refractivity contribution is 0.418. The number of thiophene rings is 1. The molecule has 1 aromatic rings. The van der Waals surface area contributed by atoms with Crippen LogP contribution < -0.4 is 5.32 Å². The molecule has 1 nitrogen and oxygen atoms in total. The van der Waals surface area contributed by atoms with E-state index < -0.39 is 0 Å². The lowest BCUT2D eigenvalue weighted by Crippen LogP contribution is -2.37. The predicted molar refractivity (Wildman–Crippen MR) is 75.5 cm³/mol. The van der Waals surface area contributed by atoms with Crippen LogP contribution in [0, 0.1) is 0 Å². The van der Waals surface area contributed by atoms with Gasteiger partial charge in [0.15, 0.2) is 0 Å². The van der Waals surface area contributed by atoms with Gasteiger partial charge < -0.3 is 5.32 Å².